The van der Waals surface area contributed by atoms with Crippen molar-refractivity contribution in [1.29, 1.82) is 5.26 Å². The van der Waals surface area contributed by atoms with Crippen LogP contribution in [0.25, 0.3) is 0 Å². The van der Waals surface area contributed by atoms with Crippen LogP contribution in [0.5, 0.6) is 0 Å². The van der Waals surface area contributed by atoms with Crippen LogP contribution in [0.2, 0.25) is 0 Å². The molecular weight excluding hydrogens is 287 g/mol. The Balaban J connectivity index is 2.24. The molecule has 0 aliphatic heterocycles. The zero-order valence-electron chi connectivity index (χ0n) is 11.3. The highest BCUT2D eigenvalue weighted by molar-refractivity contribution is 5.92. The van der Waals surface area contributed by atoms with E-state index in [1.54, 1.807) is 0 Å². The second-order valence-electron chi connectivity index (χ2n) is 4.43. The second-order valence-corrected chi connectivity index (χ2v) is 4.43. The van der Waals surface area contributed by atoms with Gasteiger partial charge in [0.1, 0.15) is 5.82 Å². The Labute approximate surface area is 125 Å². The van der Waals surface area contributed by atoms with Crippen LogP contribution in [0.1, 0.15) is 27.6 Å². The van der Waals surface area contributed by atoms with E-state index in [1.807, 2.05) is 6.07 Å². The van der Waals surface area contributed by atoms with E-state index in [1.165, 1.54) is 36.4 Å². The summed E-state index contributed by atoms with van der Waals surface area (Å²) in [5.41, 5.74) is 5.89. The van der Waals surface area contributed by atoms with Gasteiger partial charge in [0, 0.05) is 5.56 Å². The molecule has 0 aliphatic rings. The van der Waals surface area contributed by atoms with E-state index in [9.17, 15) is 14.0 Å². The quantitative estimate of drug-likeness (QED) is 0.874. The minimum absolute atomic E-state index is 0.118. The zero-order chi connectivity index (χ0) is 16.1. The smallest absolute Gasteiger partial charge is 0.339 e. The maximum atomic E-state index is 12.9. The monoisotopic (exact) mass is 298 g/mol. The number of carbonyl (C=O) groups is 2. The molecule has 2 aromatic carbocycles. The van der Waals surface area contributed by atoms with Crippen LogP contribution in [0, 0.1) is 17.1 Å². The lowest BCUT2D eigenvalue weighted by Crippen LogP contribution is -2.26. The Morgan fingerprint density at radius 3 is 2.45 bits per heavy atom. The Morgan fingerprint density at radius 2 is 1.86 bits per heavy atom. The molecule has 1 amide bonds. The number of hydrogen-bond acceptors (Lipinski definition) is 4. The number of amides is 1. The molecule has 0 saturated carbocycles. The van der Waals surface area contributed by atoms with Gasteiger partial charge < -0.3 is 10.5 Å². The average Bonchev–Trinajstić information content (AvgIpc) is 2.53. The van der Waals surface area contributed by atoms with Gasteiger partial charge in [-0.3, -0.25) is 4.79 Å². The lowest BCUT2D eigenvalue weighted by Gasteiger charge is -2.15. The molecule has 0 saturated heterocycles. The van der Waals surface area contributed by atoms with Crippen molar-refractivity contribution in [3.05, 3.63) is 71.0 Å². The van der Waals surface area contributed by atoms with Gasteiger partial charge in [-0.25, -0.2) is 9.18 Å². The van der Waals surface area contributed by atoms with Crippen LogP contribution in [-0.4, -0.2) is 11.9 Å². The van der Waals surface area contributed by atoms with Crippen LogP contribution in [-0.2, 0) is 9.53 Å². The van der Waals surface area contributed by atoms with Gasteiger partial charge in [0.2, 0.25) is 6.10 Å². The van der Waals surface area contributed by atoms with E-state index in [2.05, 4.69) is 0 Å². The fraction of sp³-hybridized carbons (Fsp3) is 0.0625. The lowest BCUT2D eigenvalue weighted by molar-refractivity contribution is -0.127. The molecule has 0 unspecified atom stereocenters. The largest absolute Gasteiger partial charge is 0.444 e. The van der Waals surface area contributed by atoms with Crippen molar-refractivity contribution in [3.8, 4) is 6.07 Å². The standard InChI is InChI=1S/C16H11FN2O3/c17-13-6-4-11(5-7-13)14(15(19)20)22-16(21)12-3-1-2-10(8-12)9-18/h1-8,14H,(H2,19,20)/t14-/m0/s1. The summed E-state index contributed by atoms with van der Waals surface area (Å²) in [6, 6.07) is 12.6. The molecule has 2 N–H and O–H groups in total. The van der Waals surface area contributed by atoms with Gasteiger partial charge in [-0.15, -0.1) is 0 Å². The maximum Gasteiger partial charge on any atom is 0.339 e. The summed E-state index contributed by atoms with van der Waals surface area (Å²) in [5.74, 6) is -2.17. The number of nitrogens with zero attached hydrogens (tertiary/aromatic N) is 1. The van der Waals surface area contributed by atoms with Crippen molar-refractivity contribution in [2.24, 2.45) is 5.73 Å². The van der Waals surface area contributed by atoms with Crippen LogP contribution >= 0.6 is 0 Å². The van der Waals surface area contributed by atoms with Crippen LogP contribution < -0.4 is 5.73 Å². The molecule has 5 nitrogen and oxygen atoms in total. The van der Waals surface area contributed by atoms with Gasteiger partial charge >= 0.3 is 5.97 Å². The molecule has 6 heteroatoms. The van der Waals surface area contributed by atoms with Gasteiger partial charge in [0.05, 0.1) is 17.2 Å². The van der Waals surface area contributed by atoms with Gasteiger partial charge in [-0.2, -0.15) is 5.26 Å². The molecule has 1 atom stereocenters. The summed E-state index contributed by atoms with van der Waals surface area (Å²) in [6.07, 6.45) is -1.33. The molecule has 2 aromatic rings. The van der Waals surface area contributed by atoms with Crippen molar-refractivity contribution >= 4 is 11.9 Å². The topological polar surface area (TPSA) is 93.2 Å². The van der Waals surface area contributed by atoms with E-state index < -0.39 is 23.8 Å². The summed E-state index contributed by atoms with van der Waals surface area (Å²) in [5, 5.41) is 8.81. The van der Waals surface area contributed by atoms with E-state index in [0.717, 1.165) is 12.1 Å². The van der Waals surface area contributed by atoms with Crippen LogP contribution in [0.3, 0.4) is 0 Å². The lowest BCUT2D eigenvalue weighted by atomic mass is 10.1. The third-order valence-corrected chi connectivity index (χ3v) is 2.88. The number of benzene rings is 2. The summed E-state index contributed by atoms with van der Waals surface area (Å²) in [7, 11) is 0. The number of nitriles is 1. The first kappa shape index (κ1) is 15.2. The Hall–Kier alpha value is -3.20. The zero-order valence-corrected chi connectivity index (χ0v) is 11.3. The molecule has 0 bridgehead atoms. The molecule has 0 heterocycles. The molecule has 22 heavy (non-hydrogen) atoms. The fourth-order valence-electron chi connectivity index (χ4n) is 1.82. The molecule has 2 rings (SSSR count). The summed E-state index contributed by atoms with van der Waals surface area (Å²) >= 11 is 0. The van der Waals surface area contributed by atoms with Gasteiger partial charge in [-0.05, 0) is 30.3 Å². The summed E-state index contributed by atoms with van der Waals surface area (Å²) < 4.78 is 18.0. The average molecular weight is 298 g/mol. The number of nitrogens with two attached hydrogens (primary N) is 1. The van der Waals surface area contributed by atoms with E-state index in [4.69, 9.17) is 15.7 Å². The highest BCUT2D eigenvalue weighted by Crippen LogP contribution is 2.20. The first-order valence-electron chi connectivity index (χ1n) is 6.27. The predicted octanol–water partition coefficient (Wildman–Crippen LogP) is 2.08. The summed E-state index contributed by atoms with van der Waals surface area (Å²) in [6.45, 7) is 0. The predicted molar refractivity (Wildman–Crippen MR) is 74.9 cm³/mol. The van der Waals surface area contributed by atoms with Crippen molar-refractivity contribution in [2.75, 3.05) is 0 Å². The molecular formula is C16H11FN2O3. The first-order valence-corrected chi connectivity index (χ1v) is 6.27. The Morgan fingerprint density at radius 1 is 1.18 bits per heavy atom. The third kappa shape index (κ3) is 3.46. The normalized spacial score (nSPS) is 11.3. The van der Waals surface area contributed by atoms with E-state index in [0.29, 0.717) is 0 Å². The van der Waals surface area contributed by atoms with Gasteiger partial charge in [0.25, 0.3) is 5.91 Å². The molecule has 0 radical (unpaired) electrons. The number of rotatable bonds is 4. The highest BCUT2D eigenvalue weighted by atomic mass is 19.1. The SMILES string of the molecule is N#Cc1cccc(C(=O)O[C@H](C(N)=O)c2ccc(F)cc2)c1. The summed E-state index contributed by atoms with van der Waals surface area (Å²) in [4.78, 5) is 23.5. The number of primary amides is 1. The molecule has 110 valence electrons. The van der Waals surface area contributed by atoms with Gasteiger partial charge in [0.15, 0.2) is 0 Å². The second kappa shape index (κ2) is 6.50. The van der Waals surface area contributed by atoms with E-state index in [-0.39, 0.29) is 16.7 Å². The molecule has 0 aliphatic carbocycles. The maximum absolute atomic E-state index is 12.9. The van der Waals surface area contributed by atoms with Crippen molar-refractivity contribution in [3.63, 3.8) is 0 Å². The number of carbonyl (C=O) groups excluding carboxylic acids is 2. The van der Waals surface area contributed by atoms with Gasteiger partial charge in [-0.1, -0.05) is 18.2 Å². The number of halogens is 1. The number of esters is 1. The van der Waals surface area contributed by atoms with Crippen molar-refractivity contribution in [2.45, 2.75) is 6.10 Å². The minimum Gasteiger partial charge on any atom is -0.444 e. The van der Waals surface area contributed by atoms with Crippen LogP contribution in [0.4, 0.5) is 4.39 Å². The molecule has 0 spiro atoms. The Kier molecular flexibility index (Phi) is 4.49. The van der Waals surface area contributed by atoms with Crippen molar-refractivity contribution < 1.29 is 18.7 Å². The van der Waals surface area contributed by atoms with Crippen LogP contribution in [0.15, 0.2) is 48.5 Å². The molecule has 0 fully saturated rings. The minimum atomic E-state index is -1.33. The number of hydrogen-bond donors (Lipinski definition) is 1. The fourth-order valence-corrected chi connectivity index (χ4v) is 1.82. The number of ether oxygens (including phenoxy) is 1. The molecule has 0 aromatic heterocycles. The Bertz CT molecular complexity index is 751. The first-order chi connectivity index (χ1) is 10.5. The highest BCUT2D eigenvalue weighted by Gasteiger charge is 2.23. The van der Waals surface area contributed by atoms with Crippen molar-refractivity contribution in [1.82, 2.24) is 0 Å². The van der Waals surface area contributed by atoms with E-state index >= 15 is 0 Å². The third-order valence-electron chi connectivity index (χ3n) is 2.88.